The zero-order valence-electron chi connectivity index (χ0n) is 16.0. The number of carbonyl (C=O) groups is 2. The Hall–Kier alpha value is -3.01. The fraction of sp³-hybridized carbons (Fsp3) is 0.200. The minimum Gasteiger partial charge on any atom is -0.395 e. The number of hydrogen-bond donors (Lipinski definition) is 2. The van der Waals surface area contributed by atoms with Crippen LogP contribution in [0.25, 0.3) is 5.57 Å². The molecule has 152 valence electrons. The molecule has 1 heterocycles. The lowest BCUT2D eigenvalue weighted by molar-refractivity contribution is -0.120. The Labute approximate surface area is 168 Å². The molecule has 1 aliphatic heterocycles. The molecule has 3 N–H and O–H groups in total. The summed E-state index contributed by atoms with van der Waals surface area (Å²) in [6, 6.07) is 12.4. The van der Waals surface area contributed by atoms with Gasteiger partial charge in [0.2, 0.25) is 10.0 Å². The van der Waals surface area contributed by atoms with Crippen molar-refractivity contribution in [3.8, 4) is 0 Å². The van der Waals surface area contributed by atoms with Crippen LogP contribution in [0.5, 0.6) is 0 Å². The molecule has 2 amide bonds. The second-order valence-corrected chi connectivity index (χ2v) is 8.28. The molecule has 9 heteroatoms. The van der Waals surface area contributed by atoms with Gasteiger partial charge < -0.3 is 10.0 Å². The molecule has 0 radical (unpaired) electrons. The van der Waals surface area contributed by atoms with Crippen LogP contribution >= 0.6 is 0 Å². The van der Waals surface area contributed by atoms with E-state index in [2.05, 4.69) is 0 Å². The van der Waals surface area contributed by atoms with Gasteiger partial charge in [0.25, 0.3) is 11.8 Å². The SMILES string of the molecule is Cc1ccc(C2=C(N(C)CCO)C(=O)N(c3ccc(S(N)(=O)=O)cc3)C2=O)cc1. The van der Waals surface area contributed by atoms with Crippen LogP contribution in [0.4, 0.5) is 5.69 Å². The smallest absolute Gasteiger partial charge is 0.282 e. The van der Waals surface area contributed by atoms with Crippen LogP contribution in [0.1, 0.15) is 11.1 Å². The number of hydrogen-bond acceptors (Lipinski definition) is 6. The summed E-state index contributed by atoms with van der Waals surface area (Å²) in [5, 5.41) is 14.4. The van der Waals surface area contributed by atoms with Crippen molar-refractivity contribution in [2.24, 2.45) is 5.14 Å². The van der Waals surface area contributed by atoms with Crippen LogP contribution in [0.3, 0.4) is 0 Å². The zero-order chi connectivity index (χ0) is 21.3. The lowest BCUT2D eigenvalue weighted by atomic mass is 10.0. The summed E-state index contributed by atoms with van der Waals surface area (Å²) in [7, 11) is -2.27. The molecule has 8 nitrogen and oxygen atoms in total. The minimum atomic E-state index is -3.89. The van der Waals surface area contributed by atoms with E-state index in [0.717, 1.165) is 10.5 Å². The molecule has 0 fully saturated rings. The number of anilines is 1. The molecule has 1 aliphatic rings. The molecule has 0 atom stereocenters. The topological polar surface area (TPSA) is 121 Å². The number of nitrogens with zero attached hydrogens (tertiary/aromatic N) is 2. The predicted molar refractivity (Wildman–Crippen MR) is 108 cm³/mol. The van der Waals surface area contributed by atoms with Gasteiger partial charge in [-0.05, 0) is 36.8 Å². The van der Waals surface area contributed by atoms with Gasteiger partial charge in [-0.2, -0.15) is 0 Å². The first-order chi connectivity index (χ1) is 13.6. The number of aliphatic hydroxyl groups is 1. The third-order valence-electron chi connectivity index (χ3n) is 4.64. The lowest BCUT2D eigenvalue weighted by Gasteiger charge is -2.20. The minimum absolute atomic E-state index is 0.121. The van der Waals surface area contributed by atoms with Crippen LogP contribution < -0.4 is 10.0 Å². The van der Waals surface area contributed by atoms with Crippen molar-refractivity contribution in [3.63, 3.8) is 0 Å². The van der Waals surface area contributed by atoms with E-state index >= 15 is 0 Å². The molecule has 0 saturated heterocycles. The Balaban J connectivity index is 2.09. The average molecular weight is 415 g/mol. The first kappa shape index (κ1) is 20.7. The summed E-state index contributed by atoms with van der Waals surface area (Å²) in [4.78, 5) is 28.8. The largest absolute Gasteiger partial charge is 0.395 e. The van der Waals surface area contributed by atoms with Gasteiger partial charge in [-0.3, -0.25) is 9.59 Å². The number of carbonyl (C=O) groups excluding carboxylic acids is 2. The van der Waals surface area contributed by atoms with Gasteiger partial charge in [0.05, 0.1) is 22.8 Å². The van der Waals surface area contributed by atoms with Gasteiger partial charge in [0, 0.05) is 13.6 Å². The third kappa shape index (κ3) is 3.93. The zero-order valence-corrected chi connectivity index (χ0v) is 16.8. The molecule has 0 bridgehead atoms. The normalized spacial score (nSPS) is 14.7. The van der Waals surface area contributed by atoms with E-state index < -0.39 is 21.8 Å². The molecular formula is C20H21N3O5S. The average Bonchev–Trinajstić information content (AvgIpc) is 2.92. The van der Waals surface area contributed by atoms with Crippen molar-refractivity contribution in [1.29, 1.82) is 0 Å². The molecule has 0 spiro atoms. The van der Waals surface area contributed by atoms with Crippen LogP contribution in [-0.4, -0.2) is 50.4 Å². The van der Waals surface area contributed by atoms with E-state index in [1.165, 1.54) is 29.2 Å². The van der Waals surface area contributed by atoms with E-state index in [4.69, 9.17) is 5.14 Å². The number of rotatable bonds is 6. The fourth-order valence-electron chi connectivity index (χ4n) is 3.13. The van der Waals surface area contributed by atoms with Crippen molar-refractivity contribution in [1.82, 2.24) is 4.90 Å². The molecule has 0 unspecified atom stereocenters. The standard InChI is InChI=1S/C20H21N3O5S/c1-13-3-5-14(6-4-13)17-18(22(2)11-12-24)20(26)23(19(17)25)15-7-9-16(10-8-15)29(21,27)28/h3-10,24H,11-12H2,1-2H3,(H2,21,27,28). The summed E-state index contributed by atoms with van der Waals surface area (Å²) >= 11 is 0. The molecule has 0 saturated carbocycles. The van der Waals surface area contributed by atoms with Crippen LogP contribution in [0, 0.1) is 6.92 Å². The predicted octanol–water partition coefficient (Wildman–Crippen LogP) is 0.851. The summed E-state index contributed by atoms with van der Waals surface area (Å²) in [5.41, 5.74) is 2.21. The van der Waals surface area contributed by atoms with Gasteiger partial charge in [-0.15, -0.1) is 0 Å². The number of likely N-dealkylation sites (N-methyl/N-ethyl adjacent to an activating group) is 1. The molecular weight excluding hydrogens is 394 g/mol. The molecule has 0 aromatic heterocycles. The maximum absolute atomic E-state index is 13.2. The highest BCUT2D eigenvalue weighted by molar-refractivity contribution is 7.89. The number of primary sulfonamides is 1. The number of imide groups is 1. The van der Waals surface area contributed by atoms with Gasteiger partial charge >= 0.3 is 0 Å². The highest BCUT2D eigenvalue weighted by Crippen LogP contribution is 2.34. The van der Waals surface area contributed by atoms with E-state index in [0.29, 0.717) is 5.56 Å². The van der Waals surface area contributed by atoms with E-state index in [-0.39, 0.29) is 35.0 Å². The summed E-state index contributed by atoms with van der Waals surface area (Å²) < 4.78 is 22.9. The Morgan fingerprint density at radius 2 is 1.59 bits per heavy atom. The van der Waals surface area contributed by atoms with Crippen molar-refractivity contribution in [2.45, 2.75) is 11.8 Å². The Bertz CT molecular complexity index is 1090. The first-order valence-corrected chi connectivity index (χ1v) is 10.3. The number of amides is 2. The summed E-state index contributed by atoms with van der Waals surface area (Å²) in [6.45, 7) is 1.89. The number of nitrogens with two attached hydrogens (primary N) is 1. The summed E-state index contributed by atoms with van der Waals surface area (Å²) in [6.07, 6.45) is 0. The summed E-state index contributed by atoms with van der Waals surface area (Å²) in [5.74, 6) is -1.08. The lowest BCUT2D eigenvalue weighted by Crippen LogP contribution is -2.34. The van der Waals surface area contributed by atoms with Crippen LogP contribution in [-0.2, 0) is 19.6 Å². The van der Waals surface area contributed by atoms with Crippen LogP contribution in [0.15, 0.2) is 59.1 Å². The number of aliphatic hydroxyl groups excluding tert-OH is 1. The van der Waals surface area contributed by atoms with Crippen molar-refractivity contribution < 1.29 is 23.1 Å². The number of sulfonamides is 1. The van der Waals surface area contributed by atoms with Gasteiger partial charge in [-0.1, -0.05) is 29.8 Å². The van der Waals surface area contributed by atoms with Crippen LogP contribution in [0.2, 0.25) is 0 Å². The Morgan fingerprint density at radius 3 is 2.10 bits per heavy atom. The highest BCUT2D eigenvalue weighted by Gasteiger charge is 2.41. The monoisotopic (exact) mass is 415 g/mol. The van der Waals surface area contributed by atoms with Gasteiger partial charge in [0.1, 0.15) is 5.70 Å². The molecule has 2 aromatic rings. The highest BCUT2D eigenvalue weighted by atomic mass is 32.2. The second-order valence-electron chi connectivity index (χ2n) is 6.72. The molecule has 3 rings (SSSR count). The molecule has 0 aliphatic carbocycles. The second kappa shape index (κ2) is 7.78. The molecule has 2 aromatic carbocycles. The third-order valence-corrected chi connectivity index (χ3v) is 5.57. The molecule has 29 heavy (non-hydrogen) atoms. The van der Waals surface area contributed by atoms with Crippen molar-refractivity contribution in [3.05, 3.63) is 65.4 Å². The van der Waals surface area contributed by atoms with Crippen molar-refractivity contribution in [2.75, 3.05) is 25.1 Å². The Morgan fingerprint density at radius 1 is 1.00 bits per heavy atom. The Kier molecular flexibility index (Phi) is 5.56. The van der Waals surface area contributed by atoms with E-state index in [1.54, 1.807) is 19.2 Å². The van der Waals surface area contributed by atoms with E-state index in [1.807, 2.05) is 19.1 Å². The quantitative estimate of drug-likeness (QED) is 0.675. The van der Waals surface area contributed by atoms with Gasteiger partial charge in [-0.25, -0.2) is 18.5 Å². The van der Waals surface area contributed by atoms with Crippen molar-refractivity contribution >= 4 is 33.1 Å². The maximum Gasteiger partial charge on any atom is 0.282 e. The first-order valence-electron chi connectivity index (χ1n) is 8.80. The number of aryl methyl sites for hydroxylation is 1. The maximum atomic E-state index is 13.2. The number of benzene rings is 2. The van der Waals surface area contributed by atoms with Gasteiger partial charge in [0.15, 0.2) is 0 Å². The fourth-order valence-corrected chi connectivity index (χ4v) is 3.65. The van der Waals surface area contributed by atoms with E-state index in [9.17, 15) is 23.1 Å².